The van der Waals surface area contributed by atoms with Crippen molar-refractivity contribution in [1.82, 2.24) is 0 Å². The zero-order chi connectivity index (χ0) is 9.14. The van der Waals surface area contributed by atoms with Crippen LogP contribution in [0.5, 0.6) is 0 Å². The van der Waals surface area contributed by atoms with Crippen LogP contribution in [-0.4, -0.2) is 6.00 Å². The lowest BCUT2D eigenvalue weighted by molar-refractivity contribution is 0.619. The summed E-state index contributed by atoms with van der Waals surface area (Å²) in [4.78, 5) is 0. The van der Waals surface area contributed by atoms with Gasteiger partial charge in [0.15, 0.2) is 0 Å². The third kappa shape index (κ3) is 2.02. The first-order valence-electron chi connectivity index (χ1n) is 3.40. The fraction of sp³-hybridized carbons (Fsp3) is 0.250. The summed E-state index contributed by atoms with van der Waals surface area (Å²) in [6.45, 7) is 1.66. The SMILES string of the molecule is Cc1cc(Cl)c(NCCl)cc1F. The van der Waals surface area contributed by atoms with Gasteiger partial charge in [-0.2, -0.15) is 0 Å². The number of halogens is 3. The predicted molar refractivity (Wildman–Crippen MR) is 50.5 cm³/mol. The normalized spacial score (nSPS) is 10.0. The number of alkyl halides is 1. The predicted octanol–water partition coefficient (Wildman–Crippen LogP) is 3.40. The summed E-state index contributed by atoms with van der Waals surface area (Å²) in [5.41, 5.74) is 1.05. The van der Waals surface area contributed by atoms with E-state index in [9.17, 15) is 4.39 Å². The standard InChI is InChI=1S/C8H8Cl2FN/c1-5-2-6(10)8(12-4-9)3-7(5)11/h2-3,12H,4H2,1H3. The van der Waals surface area contributed by atoms with Gasteiger partial charge in [-0.1, -0.05) is 11.6 Å². The second-order valence-electron chi connectivity index (χ2n) is 2.39. The molecule has 0 bridgehead atoms. The van der Waals surface area contributed by atoms with E-state index in [0.29, 0.717) is 16.3 Å². The summed E-state index contributed by atoms with van der Waals surface area (Å²) in [6, 6.07) is 3.11. The van der Waals surface area contributed by atoms with Crippen LogP contribution in [0.15, 0.2) is 12.1 Å². The number of anilines is 1. The van der Waals surface area contributed by atoms with E-state index in [1.165, 1.54) is 6.07 Å². The van der Waals surface area contributed by atoms with Crippen molar-refractivity contribution in [3.63, 3.8) is 0 Å². The largest absolute Gasteiger partial charge is 0.370 e. The first-order chi connectivity index (χ1) is 5.65. The third-order valence-corrected chi connectivity index (χ3v) is 1.95. The van der Waals surface area contributed by atoms with E-state index in [-0.39, 0.29) is 11.8 Å². The lowest BCUT2D eigenvalue weighted by Gasteiger charge is -2.06. The molecule has 1 nitrogen and oxygen atoms in total. The van der Waals surface area contributed by atoms with Crippen LogP contribution in [0.3, 0.4) is 0 Å². The van der Waals surface area contributed by atoms with Crippen LogP contribution in [-0.2, 0) is 0 Å². The second kappa shape index (κ2) is 3.97. The molecule has 66 valence electrons. The molecule has 0 atom stereocenters. The molecule has 0 amide bonds. The van der Waals surface area contributed by atoms with Gasteiger partial charge < -0.3 is 5.32 Å². The van der Waals surface area contributed by atoms with Crippen LogP contribution < -0.4 is 5.32 Å². The first-order valence-corrected chi connectivity index (χ1v) is 4.32. The molecule has 0 spiro atoms. The summed E-state index contributed by atoms with van der Waals surface area (Å²) in [7, 11) is 0. The zero-order valence-corrected chi connectivity index (χ0v) is 8.01. The lowest BCUT2D eigenvalue weighted by Crippen LogP contribution is -1.96. The zero-order valence-electron chi connectivity index (χ0n) is 6.50. The minimum atomic E-state index is -0.285. The van der Waals surface area contributed by atoms with Crippen LogP contribution in [0.1, 0.15) is 5.56 Å². The summed E-state index contributed by atoms with van der Waals surface area (Å²) in [5, 5.41) is 3.22. The average molecular weight is 208 g/mol. The summed E-state index contributed by atoms with van der Waals surface area (Å²) >= 11 is 11.2. The molecule has 0 unspecified atom stereocenters. The van der Waals surface area contributed by atoms with Gasteiger partial charge in [-0.3, -0.25) is 0 Å². The molecule has 0 aromatic heterocycles. The molecule has 0 aliphatic rings. The highest BCUT2D eigenvalue weighted by Crippen LogP contribution is 2.24. The van der Waals surface area contributed by atoms with Crippen LogP contribution in [0.2, 0.25) is 5.02 Å². The van der Waals surface area contributed by atoms with Gasteiger partial charge in [-0.05, 0) is 24.6 Å². The van der Waals surface area contributed by atoms with Crippen LogP contribution in [0.4, 0.5) is 10.1 Å². The van der Waals surface area contributed by atoms with E-state index in [1.54, 1.807) is 13.0 Å². The lowest BCUT2D eigenvalue weighted by atomic mass is 10.2. The van der Waals surface area contributed by atoms with E-state index in [2.05, 4.69) is 5.32 Å². The Morgan fingerprint density at radius 2 is 2.17 bits per heavy atom. The van der Waals surface area contributed by atoms with Gasteiger partial charge in [0.1, 0.15) is 5.82 Å². The Labute approximate surface area is 80.5 Å². The van der Waals surface area contributed by atoms with Crippen molar-refractivity contribution in [3.8, 4) is 0 Å². The second-order valence-corrected chi connectivity index (χ2v) is 3.07. The van der Waals surface area contributed by atoms with Crippen molar-refractivity contribution in [2.75, 3.05) is 11.3 Å². The van der Waals surface area contributed by atoms with Crippen LogP contribution in [0, 0.1) is 12.7 Å². The Bertz CT molecular complexity index is 289. The quantitative estimate of drug-likeness (QED) is 0.580. The summed E-state index contributed by atoms with van der Waals surface area (Å²) < 4.78 is 12.9. The van der Waals surface area contributed by atoms with Crippen molar-refractivity contribution in [2.45, 2.75) is 6.92 Å². The van der Waals surface area contributed by atoms with Gasteiger partial charge in [-0.15, -0.1) is 11.6 Å². The minimum Gasteiger partial charge on any atom is -0.370 e. The van der Waals surface area contributed by atoms with Crippen molar-refractivity contribution < 1.29 is 4.39 Å². The molecular weight excluding hydrogens is 200 g/mol. The molecule has 1 aromatic rings. The smallest absolute Gasteiger partial charge is 0.128 e. The van der Waals surface area contributed by atoms with E-state index in [1.807, 2.05) is 0 Å². The third-order valence-electron chi connectivity index (χ3n) is 1.51. The molecule has 1 aromatic carbocycles. The van der Waals surface area contributed by atoms with Gasteiger partial charge in [-0.25, -0.2) is 4.39 Å². The Morgan fingerprint density at radius 1 is 1.50 bits per heavy atom. The highest BCUT2D eigenvalue weighted by molar-refractivity contribution is 6.33. The van der Waals surface area contributed by atoms with E-state index >= 15 is 0 Å². The average Bonchev–Trinajstić information content (AvgIpc) is 2.01. The number of rotatable bonds is 2. The Hall–Kier alpha value is -0.470. The van der Waals surface area contributed by atoms with Gasteiger partial charge in [0.2, 0.25) is 0 Å². The molecule has 4 heteroatoms. The minimum absolute atomic E-state index is 0.211. The molecule has 0 saturated carbocycles. The van der Waals surface area contributed by atoms with E-state index in [4.69, 9.17) is 23.2 Å². The molecule has 1 rings (SSSR count). The maximum absolute atomic E-state index is 12.9. The highest BCUT2D eigenvalue weighted by Gasteiger charge is 2.03. The molecular formula is C8H8Cl2FN. The molecule has 1 N–H and O–H groups in total. The van der Waals surface area contributed by atoms with Gasteiger partial charge in [0.05, 0.1) is 16.7 Å². The molecule has 12 heavy (non-hydrogen) atoms. The molecule has 0 aliphatic heterocycles. The molecule has 0 heterocycles. The molecule has 0 radical (unpaired) electrons. The Balaban J connectivity index is 3.05. The Morgan fingerprint density at radius 3 is 2.75 bits per heavy atom. The molecule has 0 fully saturated rings. The van der Waals surface area contributed by atoms with Crippen molar-refractivity contribution in [3.05, 3.63) is 28.5 Å². The van der Waals surface area contributed by atoms with Gasteiger partial charge >= 0.3 is 0 Å². The number of hydrogen-bond donors (Lipinski definition) is 1. The summed E-state index contributed by atoms with van der Waals surface area (Å²) in [6.07, 6.45) is 0. The molecule has 0 aliphatic carbocycles. The van der Waals surface area contributed by atoms with E-state index < -0.39 is 0 Å². The van der Waals surface area contributed by atoms with Gasteiger partial charge in [0.25, 0.3) is 0 Å². The van der Waals surface area contributed by atoms with Gasteiger partial charge in [0, 0.05) is 0 Å². The fourth-order valence-electron chi connectivity index (χ4n) is 0.854. The fourth-order valence-corrected chi connectivity index (χ4v) is 1.28. The molecule has 0 saturated heterocycles. The Kier molecular flexibility index (Phi) is 3.18. The van der Waals surface area contributed by atoms with Crippen LogP contribution >= 0.6 is 23.2 Å². The number of hydrogen-bond acceptors (Lipinski definition) is 1. The van der Waals surface area contributed by atoms with Crippen molar-refractivity contribution >= 4 is 28.9 Å². The van der Waals surface area contributed by atoms with Crippen molar-refractivity contribution in [1.29, 1.82) is 0 Å². The monoisotopic (exact) mass is 207 g/mol. The number of nitrogens with one attached hydrogen (secondary N) is 1. The maximum atomic E-state index is 12.9. The van der Waals surface area contributed by atoms with Crippen molar-refractivity contribution in [2.24, 2.45) is 0 Å². The highest BCUT2D eigenvalue weighted by atomic mass is 35.5. The van der Waals surface area contributed by atoms with Crippen LogP contribution in [0.25, 0.3) is 0 Å². The number of aryl methyl sites for hydroxylation is 1. The number of benzene rings is 1. The topological polar surface area (TPSA) is 12.0 Å². The maximum Gasteiger partial charge on any atom is 0.128 e. The van der Waals surface area contributed by atoms with E-state index in [0.717, 1.165) is 0 Å². The summed E-state index contributed by atoms with van der Waals surface area (Å²) in [5.74, 6) is -0.285. The first kappa shape index (κ1) is 9.62.